The van der Waals surface area contributed by atoms with Crippen molar-refractivity contribution < 1.29 is 19.4 Å². The summed E-state index contributed by atoms with van der Waals surface area (Å²) in [4.78, 5) is 26.8. The van der Waals surface area contributed by atoms with Gasteiger partial charge in [-0.05, 0) is 19.9 Å². The molecule has 0 aromatic carbocycles. The van der Waals surface area contributed by atoms with Crippen molar-refractivity contribution >= 4 is 23.2 Å². The van der Waals surface area contributed by atoms with Gasteiger partial charge in [0.2, 0.25) is 0 Å². The van der Waals surface area contributed by atoms with Crippen LogP contribution >= 0.6 is 11.3 Å². The number of ether oxygens (including phenoxy) is 1. The fraction of sp³-hybridized carbons (Fsp3) is 0.500. The van der Waals surface area contributed by atoms with Crippen LogP contribution in [0.4, 0.5) is 0 Å². The van der Waals surface area contributed by atoms with Crippen LogP contribution in [0.5, 0.6) is 0 Å². The maximum Gasteiger partial charge on any atom is 0.328 e. The Kier molecular flexibility index (Phi) is 3.68. The van der Waals surface area contributed by atoms with E-state index < -0.39 is 12.0 Å². The van der Waals surface area contributed by atoms with Crippen molar-refractivity contribution in [1.82, 2.24) is 4.90 Å². The number of thiophene rings is 1. The zero-order valence-electron chi connectivity index (χ0n) is 10.3. The van der Waals surface area contributed by atoms with E-state index in [0.29, 0.717) is 18.7 Å². The lowest BCUT2D eigenvalue weighted by Crippen LogP contribution is -2.52. The molecule has 6 heteroatoms. The monoisotopic (exact) mass is 269 g/mol. The van der Waals surface area contributed by atoms with Gasteiger partial charge in [0, 0.05) is 16.3 Å². The van der Waals surface area contributed by atoms with Crippen LogP contribution in [0.3, 0.4) is 0 Å². The summed E-state index contributed by atoms with van der Waals surface area (Å²) in [6, 6.07) is 0.933. The number of amides is 1. The molecule has 1 saturated heterocycles. The van der Waals surface area contributed by atoms with Gasteiger partial charge in [-0.25, -0.2) is 4.79 Å². The molecular formula is C12H15NO4S. The molecule has 0 saturated carbocycles. The topological polar surface area (TPSA) is 66.8 Å². The number of aliphatic carboxylic acids is 1. The molecule has 2 heterocycles. The third-order valence-electron chi connectivity index (χ3n) is 2.95. The molecule has 1 fully saturated rings. The molecule has 1 aromatic heterocycles. The Morgan fingerprint density at radius 3 is 2.78 bits per heavy atom. The van der Waals surface area contributed by atoms with Crippen LogP contribution in [-0.4, -0.2) is 47.7 Å². The molecule has 5 nitrogen and oxygen atoms in total. The van der Waals surface area contributed by atoms with Crippen LogP contribution in [0.1, 0.15) is 20.1 Å². The van der Waals surface area contributed by atoms with E-state index in [-0.39, 0.29) is 12.5 Å². The Morgan fingerprint density at radius 1 is 1.50 bits per heavy atom. The quantitative estimate of drug-likeness (QED) is 0.878. The van der Waals surface area contributed by atoms with E-state index in [2.05, 4.69) is 0 Å². The molecule has 1 unspecified atom stereocenters. The zero-order valence-corrected chi connectivity index (χ0v) is 11.1. The maximum absolute atomic E-state index is 12.4. The van der Waals surface area contributed by atoms with Gasteiger partial charge in [0.1, 0.15) is 0 Å². The van der Waals surface area contributed by atoms with Crippen LogP contribution in [0, 0.1) is 13.8 Å². The van der Waals surface area contributed by atoms with Gasteiger partial charge < -0.3 is 14.7 Å². The van der Waals surface area contributed by atoms with Gasteiger partial charge in [0.05, 0.1) is 18.8 Å². The van der Waals surface area contributed by atoms with E-state index in [1.54, 1.807) is 11.3 Å². The summed E-state index contributed by atoms with van der Waals surface area (Å²) in [6.45, 7) is 4.58. The molecule has 2 rings (SSSR count). The second-order valence-electron chi connectivity index (χ2n) is 4.25. The summed E-state index contributed by atoms with van der Waals surface area (Å²) < 4.78 is 5.12. The number of hydrogen-bond acceptors (Lipinski definition) is 4. The van der Waals surface area contributed by atoms with Crippen molar-refractivity contribution in [2.45, 2.75) is 19.9 Å². The molecule has 1 atom stereocenters. The number of aryl methyl sites for hydroxylation is 2. The highest BCUT2D eigenvalue weighted by atomic mass is 32.1. The third kappa shape index (κ3) is 2.39. The molecule has 0 spiro atoms. The molecule has 1 aliphatic heterocycles. The minimum absolute atomic E-state index is 0.0588. The minimum atomic E-state index is -1.02. The first-order valence-electron chi connectivity index (χ1n) is 5.69. The third-order valence-corrected chi connectivity index (χ3v) is 3.91. The Balaban J connectivity index is 2.26. The predicted octanol–water partition coefficient (Wildman–Crippen LogP) is 1.29. The number of morpholine rings is 1. The van der Waals surface area contributed by atoms with Crippen LogP contribution < -0.4 is 0 Å². The first-order valence-corrected chi connectivity index (χ1v) is 6.51. The fourth-order valence-corrected chi connectivity index (χ4v) is 2.97. The predicted molar refractivity (Wildman–Crippen MR) is 67.1 cm³/mol. The van der Waals surface area contributed by atoms with Crippen molar-refractivity contribution in [3.63, 3.8) is 0 Å². The van der Waals surface area contributed by atoms with Crippen molar-refractivity contribution in [1.29, 1.82) is 0 Å². The van der Waals surface area contributed by atoms with Crippen LogP contribution in [0.2, 0.25) is 0 Å². The normalized spacial score (nSPS) is 19.9. The lowest BCUT2D eigenvalue weighted by Gasteiger charge is -2.32. The number of carbonyl (C=O) groups is 2. The summed E-state index contributed by atoms with van der Waals surface area (Å²) in [6.07, 6.45) is 0. The molecule has 0 aliphatic carbocycles. The number of carboxylic acids is 1. The Bertz CT molecular complexity index is 482. The van der Waals surface area contributed by atoms with E-state index in [9.17, 15) is 9.59 Å². The van der Waals surface area contributed by atoms with Crippen molar-refractivity contribution in [2.75, 3.05) is 19.8 Å². The fourth-order valence-electron chi connectivity index (χ4n) is 2.05. The molecular weight excluding hydrogens is 254 g/mol. The maximum atomic E-state index is 12.4. The number of hydrogen-bond donors (Lipinski definition) is 1. The Labute approximate surface area is 109 Å². The molecule has 98 valence electrons. The minimum Gasteiger partial charge on any atom is -0.480 e. The van der Waals surface area contributed by atoms with E-state index in [4.69, 9.17) is 9.84 Å². The van der Waals surface area contributed by atoms with Crippen LogP contribution in [-0.2, 0) is 9.53 Å². The van der Waals surface area contributed by atoms with Gasteiger partial charge >= 0.3 is 5.97 Å². The first kappa shape index (κ1) is 13.0. The van der Waals surface area contributed by atoms with E-state index in [1.165, 1.54) is 4.90 Å². The molecule has 0 radical (unpaired) electrons. The van der Waals surface area contributed by atoms with Gasteiger partial charge in [-0.1, -0.05) is 0 Å². The average molecular weight is 269 g/mol. The van der Waals surface area contributed by atoms with Crippen molar-refractivity contribution in [3.05, 3.63) is 21.4 Å². The summed E-state index contributed by atoms with van der Waals surface area (Å²) in [5.41, 5.74) is 0.602. The highest BCUT2D eigenvalue weighted by molar-refractivity contribution is 7.12. The number of carbonyl (C=O) groups excluding carboxylic acids is 1. The van der Waals surface area contributed by atoms with Crippen molar-refractivity contribution in [3.8, 4) is 0 Å². The smallest absolute Gasteiger partial charge is 0.328 e. The summed E-state index contributed by atoms with van der Waals surface area (Å²) in [7, 11) is 0. The van der Waals surface area contributed by atoms with Gasteiger partial charge in [-0.3, -0.25) is 4.79 Å². The van der Waals surface area contributed by atoms with E-state index in [0.717, 1.165) is 9.75 Å². The lowest BCUT2D eigenvalue weighted by molar-refractivity contribution is -0.147. The van der Waals surface area contributed by atoms with Gasteiger partial charge in [-0.2, -0.15) is 0 Å². The second-order valence-corrected chi connectivity index (χ2v) is 5.71. The standard InChI is InChI=1S/C12H15NO4S/c1-7-5-9(8(2)18-7)11(14)13-3-4-17-6-10(13)12(15)16/h5,10H,3-4,6H2,1-2H3,(H,15,16). The van der Waals surface area contributed by atoms with Crippen LogP contribution in [0.25, 0.3) is 0 Å². The van der Waals surface area contributed by atoms with E-state index in [1.807, 2.05) is 19.9 Å². The summed E-state index contributed by atoms with van der Waals surface area (Å²) >= 11 is 1.54. The highest BCUT2D eigenvalue weighted by Crippen LogP contribution is 2.23. The summed E-state index contributed by atoms with van der Waals surface area (Å²) in [5, 5.41) is 9.11. The van der Waals surface area contributed by atoms with Crippen molar-refractivity contribution in [2.24, 2.45) is 0 Å². The van der Waals surface area contributed by atoms with E-state index >= 15 is 0 Å². The highest BCUT2D eigenvalue weighted by Gasteiger charge is 2.34. The lowest BCUT2D eigenvalue weighted by atomic mass is 10.1. The number of carboxylic acid groups (broad SMARTS) is 1. The molecule has 1 N–H and O–H groups in total. The second kappa shape index (κ2) is 5.07. The Hall–Kier alpha value is -1.40. The molecule has 1 aromatic rings. The average Bonchev–Trinajstić information content (AvgIpc) is 2.67. The molecule has 0 bridgehead atoms. The molecule has 1 amide bonds. The molecule has 1 aliphatic rings. The first-order chi connectivity index (χ1) is 8.50. The van der Waals surface area contributed by atoms with Gasteiger partial charge in [0.15, 0.2) is 6.04 Å². The van der Waals surface area contributed by atoms with Crippen LogP contribution in [0.15, 0.2) is 6.07 Å². The number of nitrogens with zero attached hydrogens (tertiary/aromatic N) is 1. The van der Waals surface area contributed by atoms with Gasteiger partial charge in [0.25, 0.3) is 5.91 Å². The number of rotatable bonds is 2. The SMILES string of the molecule is Cc1cc(C(=O)N2CCOCC2C(=O)O)c(C)s1. The largest absolute Gasteiger partial charge is 0.480 e. The summed E-state index contributed by atoms with van der Waals surface area (Å²) in [5.74, 6) is -1.24. The molecule has 18 heavy (non-hydrogen) atoms. The van der Waals surface area contributed by atoms with Gasteiger partial charge in [-0.15, -0.1) is 11.3 Å². The zero-order chi connectivity index (χ0) is 13.3. The Morgan fingerprint density at radius 2 is 2.22 bits per heavy atom.